The smallest absolute Gasteiger partial charge is 0.487 e. The maximum Gasteiger partial charge on any atom is 0.487 e. The lowest BCUT2D eigenvalue weighted by Gasteiger charge is -2.43. The number of aromatic hydroxyl groups is 1. The number of carbonyl (C=O) groups is 3. The molecule has 176 valence electrons. The lowest BCUT2D eigenvalue weighted by molar-refractivity contribution is -0.137. The van der Waals surface area contributed by atoms with Crippen LogP contribution in [0.25, 0.3) is 10.8 Å². The van der Waals surface area contributed by atoms with Gasteiger partial charge in [0.25, 0.3) is 0 Å². The van der Waals surface area contributed by atoms with Crippen LogP contribution in [0.5, 0.6) is 5.75 Å². The van der Waals surface area contributed by atoms with Gasteiger partial charge >= 0.3 is 13.2 Å². The van der Waals surface area contributed by atoms with Crippen molar-refractivity contribution in [3.8, 4) is 5.75 Å². The highest BCUT2D eigenvalue weighted by molar-refractivity contribution is 6.53. The molecule has 0 radical (unpaired) electrons. The van der Waals surface area contributed by atoms with Gasteiger partial charge in [-0.2, -0.15) is 4.90 Å². The fraction of sp³-hybridized carbons (Fsp3) is 0.400. The van der Waals surface area contributed by atoms with Gasteiger partial charge in [0.2, 0.25) is 11.8 Å². The number of hydrogen-bond donors (Lipinski definition) is 2. The molecule has 0 saturated carbocycles. The predicted molar refractivity (Wildman–Crippen MR) is 123 cm³/mol. The van der Waals surface area contributed by atoms with Gasteiger partial charge in [-0.3, -0.25) is 9.59 Å². The van der Waals surface area contributed by atoms with E-state index in [1.165, 1.54) is 0 Å². The molecule has 3 aliphatic rings. The van der Waals surface area contributed by atoms with E-state index >= 15 is 0 Å². The lowest BCUT2D eigenvalue weighted by atomic mass is 9.54. The second kappa shape index (κ2) is 8.25. The maximum atomic E-state index is 13.3. The summed E-state index contributed by atoms with van der Waals surface area (Å²) >= 11 is 0. The Morgan fingerprint density at radius 2 is 1.82 bits per heavy atom. The van der Waals surface area contributed by atoms with Crippen molar-refractivity contribution in [2.24, 2.45) is 23.7 Å². The SMILES string of the molecule is COC(=O)N1C(=O)[C@H]2[C@H](CC(C(C)C)=C3B(O)O[C@H](c4ccc(O)c5ccccc45)C[C@H]32)C1=O. The molecule has 2 aromatic carbocycles. The van der Waals surface area contributed by atoms with Gasteiger partial charge in [-0.25, -0.2) is 4.79 Å². The van der Waals surface area contributed by atoms with Crippen molar-refractivity contribution >= 4 is 35.8 Å². The molecule has 2 aliphatic heterocycles. The number of ether oxygens (including phenoxy) is 1. The molecule has 34 heavy (non-hydrogen) atoms. The average Bonchev–Trinajstić information content (AvgIpc) is 3.08. The van der Waals surface area contributed by atoms with Crippen LogP contribution in [-0.4, -0.2) is 47.2 Å². The van der Waals surface area contributed by atoms with Gasteiger partial charge in [-0.15, -0.1) is 0 Å². The lowest BCUT2D eigenvalue weighted by Crippen LogP contribution is -2.45. The number of benzene rings is 2. The first-order valence-electron chi connectivity index (χ1n) is 11.5. The topological polar surface area (TPSA) is 113 Å². The Hall–Kier alpha value is -3.17. The molecule has 2 fully saturated rings. The molecule has 2 aromatic rings. The quantitative estimate of drug-likeness (QED) is 0.519. The molecule has 8 nitrogen and oxygen atoms in total. The molecule has 1 aliphatic carbocycles. The summed E-state index contributed by atoms with van der Waals surface area (Å²) in [6.07, 6.45) is -0.909. The van der Waals surface area contributed by atoms with E-state index in [0.29, 0.717) is 28.6 Å². The molecule has 4 atom stereocenters. The van der Waals surface area contributed by atoms with Crippen LogP contribution in [0.2, 0.25) is 0 Å². The minimum Gasteiger partial charge on any atom is -0.507 e. The molecule has 5 rings (SSSR count). The van der Waals surface area contributed by atoms with Crippen molar-refractivity contribution in [2.75, 3.05) is 7.11 Å². The minimum absolute atomic E-state index is 0.0258. The summed E-state index contributed by atoms with van der Waals surface area (Å²) in [4.78, 5) is 39.3. The van der Waals surface area contributed by atoms with Crippen LogP contribution < -0.4 is 0 Å². The number of allylic oxidation sites excluding steroid dienone is 2. The molecular weight excluding hydrogens is 437 g/mol. The number of rotatable bonds is 2. The van der Waals surface area contributed by atoms with E-state index in [0.717, 1.165) is 23.6 Å². The van der Waals surface area contributed by atoms with Crippen molar-refractivity contribution in [1.82, 2.24) is 4.90 Å². The second-order valence-electron chi connectivity index (χ2n) is 9.49. The van der Waals surface area contributed by atoms with Gasteiger partial charge in [0, 0.05) is 5.39 Å². The number of carbonyl (C=O) groups excluding carboxylic acids is 3. The van der Waals surface area contributed by atoms with Crippen LogP contribution in [0, 0.1) is 23.7 Å². The number of hydrogen-bond acceptors (Lipinski definition) is 7. The summed E-state index contributed by atoms with van der Waals surface area (Å²) in [5, 5.41) is 22.9. The largest absolute Gasteiger partial charge is 0.507 e. The van der Waals surface area contributed by atoms with Crippen LogP contribution in [-0.2, 0) is 19.0 Å². The van der Waals surface area contributed by atoms with Crippen molar-refractivity contribution in [3.05, 3.63) is 53.0 Å². The third kappa shape index (κ3) is 3.26. The highest BCUT2D eigenvalue weighted by atomic mass is 16.5. The summed E-state index contributed by atoms with van der Waals surface area (Å²) < 4.78 is 10.8. The van der Waals surface area contributed by atoms with E-state index < -0.39 is 48.9 Å². The molecule has 2 saturated heterocycles. The molecule has 9 heteroatoms. The summed E-state index contributed by atoms with van der Waals surface area (Å²) in [5.41, 5.74) is 2.31. The molecule has 3 amide bonds. The van der Waals surface area contributed by atoms with Crippen LogP contribution in [0.1, 0.15) is 38.4 Å². The summed E-state index contributed by atoms with van der Waals surface area (Å²) in [6, 6.07) is 10.7. The third-order valence-electron chi connectivity index (χ3n) is 7.48. The number of nitrogens with zero attached hydrogens (tertiary/aromatic N) is 1. The first-order chi connectivity index (χ1) is 16.2. The van der Waals surface area contributed by atoms with E-state index in [-0.39, 0.29) is 11.7 Å². The number of imide groups is 3. The molecule has 0 aromatic heterocycles. The number of phenols is 1. The molecule has 2 N–H and O–H groups in total. The van der Waals surface area contributed by atoms with E-state index in [2.05, 4.69) is 0 Å². The minimum atomic E-state index is -1.25. The summed E-state index contributed by atoms with van der Waals surface area (Å²) in [6.45, 7) is 3.96. The van der Waals surface area contributed by atoms with Crippen molar-refractivity contribution in [2.45, 2.75) is 32.8 Å². The fourth-order valence-corrected chi connectivity index (χ4v) is 5.96. The Morgan fingerprint density at radius 3 is 2.50 bits per heavy atom. The van der Waals surface area contributed by atoms with E-state index in [9.17, 15) is 24.5 Å². The van der Waals surface area contributed by atoms with Gasteiger partial charge in [0.15, 0.2) is 0 Å². The Balaban J connectivity index is 1.61. The highest BCUT2D eigenvalue weighted by Gasteiger charge is 2.59. The standard InChI is InChI=1S/C25H26BNO7/c1-12(2)16-10-18-21(24(30)27(23(18)29)25(31)33-3)17-11-20(34-26(32)22(16)17)15-8-9-19(28)14-7-5-4-6-13(14)15/h4-9,12,17-18,20-21,28,32H,10-11H2,1-3H3/t17-,18-,20-,21+/m0/s1. The van der Waals surface area contributed by atoms with E-state index in [1.54, 1.807) is 18.2 Å². The van der Waals surface area contributed by atoms with Gasteiger partial charge in [-0.1, -0.05) is 49.8 Å². The fourth-order valence-electron chi connectivity index (χ4n) is 5.96. The Labute approximate surface area is 197 Å². The zero-order valence-corrected chi connectivity index (χ0v) is 19.2. The van der Waals surface area contributed by atoms with E-state index in [1.807, 2.05) is 32.0 Å². The van der Waals surface area contributed by atoms with Gasteiger partial charge < -0.3 is 19.5 Å². The first-order valence-corrected chi connectivity index (χ1v) is 11.5. The molecule has 2 heterocycles. The van der Waals surface area contributed by atoms with Crippen LogP contribution in [0.4, 0.5) is 4.79 Å². The normalized spacial score (nSPS) is 26.9. The Kier molecular flexibility index (Phi) is 5.49. The first kappa shape index (κ1) is 22.6. The summed E-state index contributed by atoms with van der Waals surface area (Å²) in [7, 11) is -0.108. The number of amides is 3. The average molecular weight is 463 g/mol. The molecule has 0 spiro atoms. The predicted octanol–water partition coefficient (Wildman–Crippen LogP) is 3.37. The second-order valence-corrected chi connectivity index (χ2v) is 9.49. The Bertz CT molecular complexity index is 1240. The maximum absolute atomic E-state index is 13.3. The van der Waals surface area contributed by atoms with E-state index in [4.69, 9.17) is 9.39 Å². The van der Waals surface area contributed by atoms with Crippen molar-refractivity contribution in [1.29, 1.82) is 0 Å². The molecule has 0 unspecified atom stereocenters. The van der Waals surface area contributed by atoms with Gasteiger partial charge in [0.1, 0.15) is 5.75 Å². The van der Waals surface area contributed by atoms with Gasteiger partial charge in [-0.05, 0) is 47.2 Å². The molecule has 0 bridgehead atoms. The molecular formula is C25H26BNO7. The number of phenolic OH excluding ortho intramolecular Hbond substituents is 1. The Morgan fingerprint density at radius 1 is 1.12 bits per heavy atom. The number of methoxy groups -OCH3 is 1. The monoisotopic (exact) mass is 463 g/mol. The van der Waals surface area contributed by atoms with Crippen LogP contribution in [0.3, 0.4) is 0 Å². The number of likely N-dealkylation sites (tertiary alicyclic amines) is 1. The zero-order chi connectivity index (χ0) is 24.3. The number of fused-ring (bicyclic) bond motifs is 4. The van der Waals surface area contributed by atoms with Crippen LogP contribution in [0.15, 0.2) is 47.4 Å². The highest BCUT2D eigenvalue weighted by Crippen LogP contribution is 2.53. The summed E-state index contributed by atoms with van der Waals surface area (Å²) in [5.74, 6) is -2.89. The van der Waals surface area contributed by atoms with Gasteiger partial charge in [0.05, 0.1) is 25.0 Å². The van der Waals surface area contributed by atoms with Crippen molar-refractivity contribution < 1.29 is 33.9 Å². The third-order valence-corrected chi connectivity index (χ3v) is 7.48. The van der Waals surface area contributed by atoms with Crippen LogP contribution >= 0.6 is 0 Å². The zero-order valence-electron chi connectivity index (χ0n) is 19.2. The van der Waals surface area contributed by atoms with Crippen molar-refractivity contribution in [3.63, 3.8) is 0 Å².